The second kappa shape index (κ2) is 8.87. The van der Waals surface area contributed by atoms with E-state index >= 15 is 0 Å². The summed E-state index contributed by atoms with van der Waals surface area (Å²) in [5, 5.41) is 9.67. The van der Waals surface area contributed by atoms with Gasteiger partial charge in [-0.2, -0.15) is 5.10 Å². The molecule has 0 radical (unpaired) electrons. The first kappa shape index (κ1) is 20.3. The first-order chi connectivity index (χ1) is 15.7. The zero-order valence-electron chi connectivity index (χ0n) is 18.1. The number of hydrazone groups is 1. The molecule has 5 heteroatoms. The van der Waals surface area contributed by atoms with Crippen molar-refractivity contribution in [1.29, 1.82) is 0 Å². The fourth-order valence-electron chi connectivity index (χ4n) is 4.68. The van der Waals surface area contributed by atoms with Gasteiger partial charge >= 0.3 is 6.03 Å². The van der Waals surface area contributed by atoms with Crippen molar-refractivity contribution in [2.45, 2.75) is 38.6 Å². The van der Waals surface area contributed by atoms with Crippen LogP contribution in [-0.4, -0.2) is 16.8 Å². The molecule has 5 nitrogen and oxygen atoms in total. The fraction of sp³-hybridized carbons (Fsp3) is 0.259. The maximum Gasteiger partial charge on any atom is 0.342 e. The summed E-state index contributed by atoms with van der Waals surface area (Å²) in [5.41, 5.74) is 12.6. The van der Waals surface area contributed by atoms with Crippen molar-refractivity contribution >= 4 is 23.1 Å². The Morgan fingerprint density at radius 3 is 2.38 bits per heavy atom. The number of nitrogens with two attached hydrogens (primary N) is 1. The van der Waals surface area contributed by atoms with Gasteiger partial charge in [0.1, 0.15) is 0 Å². The predicted molar refractivity (Wildman–Crippen MR) is 130 cm³/mol. The first-order valence-electron chi connectivity index (χ1n) is 11.4. The third kappa shape index (κ3) is 4.24. The lowest BCUT2D eigenvalue weighted by atomic mass is 9.82. The number of carbonyl (C=O) groups excluding carboxylic acids is 1. The largest absolute Gasteiger partial charge is 0.399 e. The Morgan fingerprint density at radius 1 is 0.906 bits per heavy atom. The van der Waals surface area contributed by atoms with Crippen molar-refractivity contribution in [1.82, 2.24) is 5.01 Å². The van der Waals surface area contributed by atoms with Crippen molar-refractivity contribution in [3.63, 3.8) is 0 Å². The summed E-state index contributed by atoms with van der Waals surface area (Å²) >= 11 is 0. The molecule has 1 aliphatic heterocycles. The van der Waals surface area contributed by atoms with Crippen molar-refractivity contribution in [2.24, 2.45) is 11.0 Å². The Bertz CT molecular complexity index is 1130. The average Bonchev–Trinajstić information content (AvgIpc) is 2.96. The maximum absolute atomic E-state index is 13.2. The van der Waals surface area contributed by atoms with Gasteiger partial charge in [0.05, 0.1) is 17.9 Å². The van der Waals surface area contributed by atoms with Gasteiger partial charge in [-0.05, 0) is 47.7 Å². The van der Waals surface area contributed by atoms with Gasteiger partial charge in [0.2, 0.25) is 0 Å². The minimum atomic E-state index is -0.199. The number of urea groups is 1. The number of anilines is 2. The molecule has 5 rings (SSSR count). The number of benzene rings is 3. The van der Waals surface area contributed by atoms with Gasteiger partial charge in [-0.1, -0.05) is 73.9 Å². The van der Waals surface area contributed by atoms with Crippen molar-refractivity contribution < 1.29 is 4.79 Å². The Hall–Kier alpha value is -3.60. The molecule has 162 valence electrons. The predicted octanol–water partition coefficient (Wildman–Crippen LogP) is 6.27. The van der Waals surface area contributed by atoms with Gasteiger partial charge in [-0.3, -0.25) is 0 Å². The van der Waals surface area contributed by atoms with E-state index in [2.05, 4.69) is 23.5 Å². The molecular formula is C27H28N4O. The number of nitrogen functional groups attached to an aromatic ring is 1. The highest BCUT2D eigenvalue weighted by Gasteiger charge is 2.29. The Kier molecular flexibility index (Phi) is 5.63. The Labute approximate surface area is 188 Å². The minimum Gasteiger partial charge on any atom is -0.399 e. The SMILES string of the molecule is Nc1ccc(-c2ccc3c(c2)NC(=O)N(Cc2ccccc2)N=C3C2CCCCC2)cc1. The third-order valence-corrected chi connectivity index (χ3v) is 6.41. The highest BCUT2D eigenvalue weighted by atomic mass is 16.2. The Balaban J connectivity index is 1.54. The molecule has 0 unspecified atom stereocenters. The highest BCUT2D eigenvalue weighted by Crippen LogP contribution is 2.34. The van der Waals surface area contributed by atoms with Gasteiger partial charge < -0.3 is 11.1 Å². The van der Waals surface area contributed by atoms with Crippen LogP contribution in [-0.2, 0) is 6.54 Å². The van der Waals surface area contributed by atoms with Crippen LogP contribution in [0.25, 0.3) is 11.1 Å². The van der Waals surface area contributed by atoms with Crippen LogP contribution < -0.4 is 11.1 Å². The highest BCUT2D eigenvalue weighted by molar-refractivity contribution is 6.11. The Morgan fingerprint density at radius 2 is 1.62 bits per heavy atom. The molecule has 1 heterocycles. The minimum absolute atomic E-state index is 0.199. The van der Waals surface area contributed by atoms with Gasteiger partial charge in [-0.25, -0.2) is 9.80 Å². The summed E-state index contributed by atoms with van der Waals surface area (Å²) in [6.45, 7) is 0.446. The van der Waals surface area contributed by atoms with E-state index in [9.17, 15) is 4.79 Å². The maximum atomic E-state index is 13.2. The summed E-state index contributed by atoms with van der Waals surface area (Å²) in [6, 6.07) is 23.9. The zero-order valence-corrected chi connectivity index (χ0v) is 18.1. The van der Waals surface area contributed by atoms with E-state index < -0.39 is 0 Å². The summed E-state index contributed by atoms with van der Waals surface area (Å²) in [4.78, 5) is 13.2. The molecule has 1 fully saturated rings. The van der Waals surface area contributed by atoms with Crippen LogP contribution in [0.4, 0.5) is 16.2 Å². The summed E-state index contributed by atoms with van der Waals surface area (Å²) in [6.07, 6.45) is 5.93. The molecule has 3 aromatic rings. The molecular weight excluding hydrogens is 396 g/mol. The van der Waals surface area contributed by atoms with Crippen molar-refractivity contribution in [3.05, 3.63) is 83.9 Å². The van der Waals surface area contributed by atoms with Crippen LogP contribution >= 0.6 is 0 Å². The van der Waals surface area contributed by atoms with E-state index in [1.807, 2.05) is 54.6 Å². The number of hydrogen-bond acceptors (Lipinski definition) is 3. The van der Waals surface area contributed by atoms with E-state index in [-0.39, 0.29) is 6.03 Å². The first-order valence-corrected chi connectivity index (χ1v) is 11.4. The van der Waals surface area contributed by atoms with E-state index in [1.54, 1.807) is 5.01 Å². The van der Waals surface area contributed by atoms with Crippen LogP contribution in [0, 0.1) is 5.92 Å². The van der Waals surface area contributed by atoms with Crippen LogP contribution in [0.3, 0.4) is 0 Å². The average molecular weight is 425 g/mol. The van der Waals surface area contributed by atoms with Gasteiger partial charge in [0.25, 0.3) is 0 Å². The fourth-order valence-corrected chi connectivity index (χ4v) is 4.68. The molecule has 1 saturated carbocycles. The number of nitrogens with zero attached hydrogens (tertiary/aromatic N) is 2. The lowest BCUT2D eigenvalue weighted by molar-refractivity contribution is 0.211. The number of fused-ring (bicyclic) bond motifs is 1. The smallest absolute Gasteiger partial charge is 0.342 e. The normalized spacial score (nSPS) is 16.7. The quantitative estimate of drug-likeness (QED) is 0.485. The number of rotatable bonds is 4. The van der Waals surface area contributed by atoms with Gasteiger partial charge in [0.15, 0.2) is 0 Å². The molecule has 0 atom stereocenters. The van der Waals surface area contributed by atoms with E-state index in [1.165, 1.54) is 19.3 Å². The monoisotopic (exact) mass is 424 g/mol. The van der Waals surface area contributed by atoms with E-state index in [0.717, 1.165) is 52.2 Å². The van der Waals surface area contributed by atoms with Crippen LogP contribution in [0.2, 0.25) is 0 Å². The molecule has 1 aliphatic carbocycles. The molecule has 2 amide bonds. The number of amides is 2. The summed E-state index contributed by atoms with van der Waals surface area (Å²) < 4.78 is 0. The zero-order chi connectivity index (χ0) is 21.9. The second-order valence-corrected chi connectivity index (χ2v) is 8.68. The van der Waals surface area contributed by atoms with Gasteiger partial charge in [0, 0.05) is 17.2 Å². The molecule has 3 N–H and O–H groups in total. The summed E-state index contributed by atoms with van der Waals surface area (Å²) in [7, 11) is 0. The lowest BCUT2D eigenvalue weighted by Crippen LogP contribution is -2.30. The molecule has 0 saturated heterocycles. The van der Waals surface area contributed by atoms with Crippen LogP contribution in [0.15, 0.2) is 77.9 Å². The third-order valence-electron chi connectivity index (χ3n) is 6.41. The molecule has 32 heavy (non-hydrogen) atoms. The molecule has 0 aromatic heterocycles. The standard InChI is InChI=1S/C27H28N4O/c28-23-14-11-20(12-15-23)22-13-16-24-25(17-22)29-27(32)31(18-19-7-3-1-4-8-19)30-26(24)21-9-5-2-6-10-21/h1,3-4,7-8,11-17,21H,2,5-6,9-10,18,28H2,(H,29,32). The molecule has 0 bridgehead atoms. The molecule has 2 aliphatic rings. The second-order valence-electron chi connectivity index (χ2n) is 8.68. The van der Waals surface area contributed by atoms with E-state index in [4.69, 9.17) is 10.8 Å². The number of nitrogens with one attached hydrogen (secondary N) is 1. The van der Waals surface area contributed by atoms with E-state index in [0.29, 0.717) is 12.5 Å². The summed E-state index contributed by atoms with van der Waals surface area (Å²) in [5.74, 6) is 0.371. The van der Waals surface area contributed by atoms with Crippen molar-refractivity contribution in [3.8, 4) is 11.1 Å². The lowest BCUT2D eigenvalue weighted by Gasteiger charge is -2.24. The topological polar surface area (TPSA) is 70.7 Å². The number of carbonyl (C=O) groups is 1. The number of hydrogen-bond donors (Lipinski definition) is 2. The van der Waals surface area contributed by atoms with Gasteiger partial charge in [-0.15, -0.1) is 0 Å². The molecule has 3 aromatic carbocycles. The van der Waals surface area contributed by atoms with Crippen molar-refractivity contribution in [2.75, 3.05) is 11.1 Å². The molecule has 0 spiro atoms. The van der Waals surface area contributed by atoms with Crippen LogP contribution in [0.1, 0.15) is 43.2 Å². The van der Waals surface area contributed by atoms with Crippen LogP contribution in [0.5, 0.6) is 0 Å².